The Morgan fingerprint density at radius 3 is 2.35 bits per heavy atom. The highest BCUT2D eigenvalue weighted by Gasteiger charge is 2.03. The molecular formula is C15H11F3N2. The second-order valence-corrected chi connectivity index (χ2v) is 4.31. The molecule has 0 aliphatic rings. The van der Waals surface area contributed by atoms with E-state index in [1.807, 2.05) is 6.07 Å². The Morgan fingerprint density at radius 2 is 1.65 bits per heavy atom. The van der Waals surface area contributed by atoms with Crippen LogP contribution in [0.2, 0.25) is 0 Å². The van der Waals surface area contributed by atoms with Gasteiger partial charge < -0.3 is 5.32 Å². The molecular weight excluding hydrogens is 265 g/mol. The maximum absolute atomic E-state index is 13.2. The first kappa shape index (κ1) is 14.1. The predicted octanol–water partition coefficient (Wildman–Crippen LogP) is 3.27. The predicted molar refractivity (Wildman–Crippen MR) is 68.0 cm³/mol. The summed E-state index contributed by atoms with van der Waals surface area (Å²) in [6, 6.07) is 9.55. The van der Waals surface area contributed by atoms with E-state index in [0.717, 1.165) is 18.2 Å². The Hall–Kier alpha value is -2.32. The van der Waals surface area contributed by atoms with Gasteiger partial charge in [0, 0.05) is 13.1 Å². The van der Waals surface area contributed by atoms with E-state index in [4.69, 9.17) is 5.26 Å². The topological polar surface area (TPSA) is 35.8 Å². The molecule has 0 atom stereocenters. The molecule has 0 spiro atoms. The van der Waals surface area contributed by atoms with E-state index in [2.05, 4.69) is 5.32 Å². The van der Waals surface area contributed by atoms with Crippen LogP contribution in [-0.2, 0) is 13.1 Å². The first-order valence-corrected chi connectivity index (χ1v) is 5.92. The number of nitrogens with zero attached hydrogens (tertiary/aromatic N) is 1. The third-order valence-corrected chi connectivity index (χ3v) is 2.73. The van der Waals surface area contributed by atoms with Crippen molar-refractivity contribution >= 4 is 0 Å². The number of benzene rings is 2. The Kier molecular flexibility index (Phi) is 4.38. The highest BCUT2D eigenvalue weighted by Crippen LogP contribution is 2.10. The van der Waals surface area contributed by atoms with Gasteiger partial charge >= 0.3 is 0 Å². The molecule has 0 saturated heterocycles. The molecule has 2 rings (SSSR count). The molecule has 0 aromatic heterocycles. The molecule has 0 saturated carbocycles. The number of nitriles is 1. The third kappa shape index (κ3) is 3.59. The highest BCUT2D eigenvalue weighted by atomic mass is 19.2. The summed E-state index contributed by atoms with van der Waals surface area (Å²) in [4.78, 5) is 0. The fraction of sp³-hybridized carbons (Fsp3) is 0.133. The molecule has 0 bridgehead atoms. The van der Waals surface area contributed by atoms with Crippen LogP contribution in [0.3, 0.4) is 0 Å². The first-order chi connectivity index (χ1) is 9.58. The monoisotopic (exact) mass is 276 g/mol. The lowest BCUT2D eigenvalue weighted by molar-refractivity contribution is 0.506. The number of halogens is 3. The van der Waals surface area contributed by atoms with Crippen LogP contribution in [0.25, 0.3) is 0 Å². The second-order valence-electron chi connectivity index (χ2n) is 4.31. The molecule has 0 unspecified atom stereocenters. The lowest BCUT2D eigenvalue weighted by atomic mass is 10.1. The highest BCUT2D eigenvalue weighted by molar-refractivity contribution is 5.33. The molecule has 0 heterocycles. The van der Waals surface area contributed by atoms with Gasteiger partial charge in [-0.25, -0.2) is 13.2 Å². The minimum atomic E-state index is -0.901. The summed E-state index contributed by atoms with van der Waals surface area (Å²) in [7, 11) is 0. The van der Waals surface area contributed by atoms with Crippen LogP contribution >= 0.6 is 0 Å². The lowest BCUT2D eigenvalue weighted by Gasteiger charge is -2.06. The zero-order valence-corrected chi connectivity index (χ0v) is 10.5. The summed E-state index contributed by atoms with van der Waals surface area (Å²) in [5, 5.41) is 11.7. The van der Waals surface area contributed by atoms with Gasteiger partial charge in [0.25, 0.3) is 0 Å². The molecule has 0 aliphatic carbocycles. The number of nitrogens with one attached hydrogen (secondary N) is 1. The van der Waals surface area contributed by atoms with Crippen molar-refractivity contribution < 1.29 is 13.2 Å². The Labute approximate surface area is 114 Å². The maximum Gasteiger partial charge on any atom is 0.159 e. The molecule has 102 valence electrons. The van der Waals surface area contributed by atoms with Crippen LogP contribution in [-0.4, -0.2) is 0 Å². The molecule has 0 fully saturated rings. The van der Waals surface area contributed by atoms with Gasteiger partial charge in [0.05, 0.1) is 11.6 Å². The van der Waals surface area contributed by atoms with Crippen LogP contribution in [0.1, 0.15) is 16.7 Å². The van der Waals surface area contributed by atoms with Gasteiger partial charge in [-0.3, -0.25) is 0 Å². The SMILES string of the molecule is N#Cc1cc(F)cc(CNCc2ccc(F)c(F)c2)c1. The number of rotatable bonds is 4. The standard InChI is InChI=1S/C15H11F3N2/c16-13-4-11(7-19)3-12(5-13)9-20-8-10-1-2-14(17)15(18)6-10/h1-6,20H,8-9H2. The van der Waals surface area contributed by atoms with Crippen LogP contribution in [0, 0.1) is 28.8 Å². The van der Waals surface area contributed by atoms with Gasteiger partial charge in [-0.1, -0.05) is 6.07 Å². The average molecular weight is 276 g/mol. The van der Waals surface area contributed by atoms with E-state index in [9.17, 15) is 13.2 Å². The largest absolute Gasteiger partial charge is 0.309 e. The van der Waals surface area contributed by atoms with Crippen LogP contribution in [0.5, 0.6) is 0 Å². The van der Waals surface area contributed by atoms with Gasteiger partial charge in [0.15, 0.2) is 11.6 Å². The smallest absolute Gasteiger partial charge is 0.159 e. The van der Waals surface area contributed by atoms with Crippen LogP contribution in [0.4, 0.5) is 13.2 Å². The molecule has 5 heteroatoms. The van der Waals surface area contributed by atoms with E-state index in [1.54, 1.807) is 6.07 Å². The van der Waals surface area contributed by atoms with Crippen molar-refractivity contribution in [1.29, 1.82) is 5.26 Å². The van der Waals surface area contributed by atoms with Crippen LogP contribution < -0.4 is 5.32 Å². The molecule has 0 amide bonds. The molecule has 2 aromatic rings. The number of hydrogen-bond donors (Lipinski definition) is 1. The average Bonchev–Trinajstić information content (AvgIpc) is 2.42. The van der Waals surface area contributed by atoms with Crippen molar-refractivity contribution in [3.63, 3.8) is 0 Å². The van der Waals surface area contributed by atoms with Crippen molar-refractivity contribution in [2.45, 2.75) is 13.1 Å². The van der Waals surface area contributed by atoms with E-state index in [-0.39, 0.29) is 5.56 Å². The summed E-state index contributed by atoms with van der Waals surface area (Å²) < 4.78 is 38.9. The number of hydrogen-bond acceptors (Lipinski definition) is 2. The second kappa shape index (κ2) is 6.22. The minimum absolute atomic E-state index is 0.245. The normalized spacial score (nSPS) is 10.3. The van der Waals surface area contributed by atoms with Crippen molar-refractivity contribution in [1.82, 2.24) is 5.32 Å². The molecule has 0 aliphatic heterocycles. The van der Waals surface area contributed by atoms with Crippen molar-refractivity contribution in [2.24, 2.45) is 0 Å². The van der Waals surface area contributed by atoms with Crippen molar-refractivity contribution in [2.75, 3.05) is 0 Å². The zero-order valence-electron chi connectivity index (χ0n) is 10.5. The van der Waals surface area contributed by atoms with Gasteiger partial charge in [-0.15, -0.1) is 0 Å². The third-order valence-electron chi connectivity index (χ3n) is 2.73. The van der Waals surface area contributed by atoms with Crippen molar-refractivity contribution in [3.05, 3.63) is 70.5 Å². The molecule has 2 aromatic carbocycles. The first-order valence-electron chi connectivity index (χ1n) is 5.92. The van der Waals surface area contributed by atoms with Crippen molar-refractivity contribution in [3.8, 4) is 6.07 Å². The fourth-order valence-corrected chi connectivity index (χ4v) is 1.82. The molecule has 0 radical (unpaired) electrons. The summed E-state index contributed by atoms with van der Waals surface area (Å²) in [6.45, 7) is 0.640. The Morgan fingerprint density at radius 1 is 0.900 bits per heavy atom. The lowest BCUT2D eigenvalue weighted by Crippen LogP contribution is -2.13. The molecule has 2 nitrogen and oxygen atoms in total. The Bertz CT molecular complexity index is 663. The summed E-state index contributed by atoms with van der Waals surface area (Å²) >= 11 is 0. The molecule has 1 N–H and O–H groups in total. The van der Waals surface area contributed by atoms with Gasteiger partial charge in [0.1, 0.15) is 5.82 Å². The van der Waals surface area contributed by atoms with Gasteiger partial charge in [-0.2, -0.15) is 5.26 Å². The van der Waals surface area contributed by atoms with E-state index >= 15 is 0 Å². The zero-order chi connectivity index (χ0) is 14.5. The Balaban J connectivity index is 1.97. The summed E-state index contributed by atoms with van der Waals surface area (Å²) in [5.41, 5.74) is 1.44. The quantitative estimate of drug-likeness (QED) is 0.930. The maximum atomic E-state index is 13.2. The minimum Gasteiger partial charge on any atom is -0.309 e. The van der Waals surface area contributed by atoms with E-state index in [0.29, 0.717) is 24.2 Å². The summed E-state index contributed by atoms with van der Waals surface area (Å²) in [5.74, 6) is -2.27. The van der Waals surface area contributed by atoms with Crippen LogP contribution in [0.15, 0.2) is 36.4 Å². The van der Waals surface area contributed by atoms with E-state index in [1.165, 1.54) is 12.1 Å². The van der Waals surface area contributed by atoms with Gasteiger partial charge in [0.2, 0.25) is 0 Å². The molecule has 20 heavy (non-hydrogen) atoms. The van der Waals surface area contributed by atoms with E-state index < -0.39 is 17.5 Å². The fourth-order valence-electron chi connectivity index (χ4n) is 1.82. The van der Waals surface area contributed by atoms with Gasteiger partial charge in [-0.05, 0) is 41.5 Å². The summed E-state index contributed by atoms with van der Waals surface area (Å²) in [6.07, 6.45) is 0.